The van der Waals surface area contributed by atoms with Crippen molar-refractivity contribution in [1.82, 2.24) is 19.7 Å². The number of hydrogen-bond donors (Lipinski definition) is 0. The van der Waals surface area contributed by atoms with Crippen molar-refractivity contribution < 1.29 is 4.79 Å². The van der Waals surface area contributed by atoms with Crippen LogP contribution in [0.15, 0.2) is 103 Å². The number of rotatable bonds is 11. The van der Waals surface area contributed by atoms with Crippen LogP contribution in [0.3, 0.4) is 0 Å². The van der Waals surface area contributed by atoms with E-state index in [0.29, 0.717) is 29.8 Å². The van der Waals surface area contributed by atoms with Gasteiger partial charge < -0.3 is 4.90 Å². The van der Waals surface area contributed by atoms with Crippen molar-refractivity contribution in [3.63, 3.8) is 0 Å². The van der Waals surface area contributed by atoms with Crippen molar-refractivity contribution >= 4 is 29.3 Å². The molecule has 0 aliphatic carbocycles. The molecule has 0 aliphatic rings. The molecule has 0 bridgehead atoms. The van der Waals surface area contributed by atoms with Crippen molar-refractivity contribution in [3.05, 3.63) is 114 Å². The Labute approximate surface area is 215 Å². The summed E-state index contributed by atoms with van der Waals surface area (Å²) in [7, 11) is 0. The first-order chi connectivity index (χ1) is 17.1. The third kappa shape index (κ3) is 6.84. The molecule has 4 aromatic rings. The molecule has 1 aromatic heterocycles. The van der Waals surface area contributed by atoms with Gasteiger partial charge in [-0.25, -0.2) is 0 Å². The fraction of sp³-hybridized carbons (Fsp3) is 0.179. The van der Waals surface area contributed by atoms with Crippen LogP contribution in [-0.4, -0.2) is 37.9 Å². The Morgan fingerprint density at radius 1 is 0.943 bits per heavy atom. The number of carbonyl (C=O) groups is 1. The lowest BCUT2D eigenvalue weighted by molar-refractivity contribution is -0.128. The van der Waals surface area contributed by atoms with Crippen molar-refractivity contribution in [2.75, 3.05) is 12.3 Å². The Morgan fingerprint density at radius 3 is 2.26 bits per heavy atom. The highest BCUT2D eigenvalue weighted by Gasteiger charge is 2.18. The summed E-state index contributed by atoms with van der Waals surface area (Å²) in [6.07, 6.45) is 2.60. The zero-order valence-corrected chi connectivity index (χ0v) is 21.0. The largest absolute Gasteiger partial charge is 0.337 e. The van der Waals surface area contributed by atoms with Crippen LogP contribution >= 0.6 is 23.4 Å². The van der Waals surface area contributed by atoms with Crippen molar-refractivity contribution in [2.24, 2.45) is 0 Å². The van der Waals surface area contributed by atoms with Crippen LogP contribution in [0.25, 0.3) is 11.4 Å². The summed E-state index contributed by atoms with van der Waals surface area (Å²) in [6.45, 7) is 5.63. The van der Waals surface area contributed by atoms with Gasteiger partial charge in [0.15, 0.2) is 11.0 Å². The maximum atomic E-state index is 13.3. The minimum absolute atomic E-state index is 0.0657. The molecule has 0 atom stereocenters. The third-order valence-corrected chi connectivity index (χ3v) is 6.74. The number of thioether (sulfide) groups is 1. The van der Waals surface area contributed by atoms with E-state index in [0.717, 1.165) is 23.4 Å². The minimum Gasteiger partial charge on any atom is -0.337 e. The molecule has 0 fully saturated rings. The Balaban J connectivity index is 1.48. The zero-order valence-electron chi connectivity index (χ0n) is 19.4. The van der Waals surface area contributed by atoms with E-state index >= 15 is 0 Å². The molecule has 3 aromatic carbocycles. The highest BCUT2D eigenvalue weighted by atomic mass is 35.5. The average molecular weight is 503 g/mol. The van der Waals surface area contributed by atoms with E-state index in [1.165, 1.54) is 17.3 Å². The second kappa shape index (κ2) is 12.4. The first kappa shape index (κ1) is 24.8. The molecule has 1 heterocycles. The summed E-state index contributed by atoms with van der Waals surface area (Å²) in [5.74, 6) is 1.06. The lowest BCUT2D eigenvalue weighted by atomic mass is 10.1. The second-order valence-corrected chi connectivity index (χ2v) is 9.42. The lowest BCUT2D eigenvalue weighted by Crippen LogP contribution is -2.34. The number of amides is 1. The molecular weight excluding hydrogens is 476 g/mol. The number of halogens is 1. The number of hydrogen-bond acceptors (Lipinski definition) is 4. The quantitative estimate of drug-likeness (QED) is 0.182. The van der Waals surface area contributed by atoms with Gasteiger partial charge in [0, 0.05) is 30.2 Å². The molecule has 0 spiro atoms. The van der Waals surface area contributed by atoms with Crippen LogP contribution in [0.1, 0.15) is 11.1 Å². The summed E-state index contributed by atoms with van der Waals surface area (Å²) < 4.78 is 1.97. The van der Waals surface area contributed by atoms with Crippen LogP contribution in [0.5, 0.6) is 0 Å². The van der Waals surface area contributed by atoms with Gasteiger partial charge in [-0.05, 0) is 41.8 Å². The predicted molar refractivity (Wildman–Crippen MR) is 143 cm³/mol. The summed E-state index contributed by atoms with van der Waals surface area (Å²) in [6, 6.07) is 27.8. The van der Waals surface area contributed by atoms with Crippen molar-refractivity contribution in [1.29, 1.82) is 0 Å². The SMILES string of the molecule is C=CCn1c(SCC(=O)N(CCc2ccccc2)Cc2ccccc2)nnc1-c1ccc(Cl)cc1. The third-order valence-electron chi connectivity index (χ3n) is 5.54. The topological polar surface area (TPSA) is 51.0 Å². The highest BCUT2D eigenvalue weighted by Crippen LogP contribution is 2.25. The normalized spacial score (nSPS) is 10.8. The van der Waals surface area contributed by atoms with Crippen LogP contribution < -0.4 is 0 Å². The molecule has 0 radical (unpaired) electrons. The van der Waals surface area contributed by atoms with Crippen LogP contribution in [0, 0.1) is 0 Å². The number of aromatic nitrogens is 3. The monoisotopic (exact) mass is 502 g/mol. The first-order valence-electron chi connectivity index (χ1n) is 11.4. The van der Waals surface area contributed by atoms with Gasteiger partial charge >= 0.3 is 0 Å². The van der Waals surface area contributed by atoms with E-state index in [9.17, 15) is 4.79 Å². The summed E-state index contributed by atoms with van der Waals surface area (Å²) in [5.41, 5.74) is 3.23. The number of benzene rings is 3. The van der Waals surface area contributed by atoms with E-state index in [1.807, 2.05) is 70.1 Å². The molecule has 0 unspecified atom stereocenters. The Kier molecular flexibility index (Phi) is 8.76. The van der Waals surface area contributed by atoms with E-state index in [1.54, 1.807) is 6.08 Å². The zero-order chi connectivity index (χ0) is 24.5. The Morgan fingerprint density at radius 2 is 1.60 bits per heavy atom. The smallest absolute Gasteiger partial charge is 0.233 e. The molecule has 178 valence electrons. The summed E-state index contributed by atoms with van der Waals surface area (Å²) in [4.78, 5) is 15.3. The first-order valence-corrected chi connectivity index (χ1v) is 12.8. The molecule has 7 heteroatoms. The van der Waals surface area contributed by atoms with Crippen LogP contribution in [0.4, 0.5) is 0 Å². The predicted octanol–water partition coefficient (Wildman–Crippen LogP) is 6.15. The van der Waals surface area contributed by atoms with Gasteiger partial charge in [0.2, 0.25) is 5.91 Å². The average Bonchev–Trinajstić information content (AvgIpc) is 3.29. The second-order valence-electron chi connectivity index (χ2n) is 8.04. The van der Waals surface area contributed by atoms with E-state index in [4.69, 9.17) is 11.6 Å². The molecule has 0 aliphatic heterocycles. The maximum Gasteiger partial charge on any atom is 0.233 e. The van der Waals surface area contributed by atoms with Gasteiger partial charge in [0.25, 0.3) is 0 Å². The van der Waals surface area contributed by atoms with Gasteiger partial charge in [-0.3, -0.25) is 9.36 Å². The number of carbonyl (C=O) groups excluding carboxylic acids is 1. The van der Waals surface area contributed by atoms with Crippen molar-refractivity contribution in [2.45, 2.75) is 24.7 Å². The fourth-order valence-electron chi connectivity index (χ4n) is 3.72. The van der Waals surface area contributed by atoms with Crippen LogP contribution in [-0.2, 0) is 24.3 Å². The van der Waals surface area contributed by atoms with E-state index < -0.39 is 0 Å². The summed E-state index contributed by atoms with van der Waals surface area (Å²) in [5, 5.41) is 10.1. The number of allylic oxidation sites excluding steroid dienone is 1. The van der Waals surface area contributed by atoms with E-state index in [2.05, 4.69) is 41.0 Å². The molecule has 4 rings (SSSR count). The van der Waals surface area contributed by atoms with Crippen LogP contribution in [0.2, 0.25) is 5.02 Å². The standard InChI is InChI=1S/C28H27ClN4OS/c1-2-18-33-27(24-13-15-25(29)16-14-24)30-31-28(33)35-21-26(34)32(20-23-11-7-4-8-12-23)19-17-22-9-5-3-6-10-22/h2-16H,1,17-21H2. The number of nitrogens with zero attached hydrogens (tertiary/aromatic N) is 4. The maximum absolute atomic E-state index is 13.3. The molecule has 35 heavy (non-hydrogen) atoms. The van der Waals surface area contributed by atoms with Gasteiger partial charge in [-0.15, -0.1) is 16.8 Å². The van der Waals surface area contributed by atoms with Crippen molar-refractivity contribution in [3.8, 4) is 11.4 Å². The van der Waals surface area contributed by atoms with Gasteiger partial charge in [0.1, 0.15) is 0 Å². The van der Waals surface area contributed by atoms with E-state index in [-0.39, 0.29) is 11.7 Å². The molecule has 0 saturated heterocycles. The molecular formula is C28H27ClN4OS. The Bertz CT molecular complexity index is 1240. The summed E-state index contributed by atoms with van der Waals surface area (Å²) >= 11 is 7.44. The molecule has 0 saturated carbocycles. The molecule has 1 amide bonds. The lowest BCUT2D eigenvalue weighted by Gasteiger charge is -2.23. The molecule has 5 nitrogen and oxygen atoms in total. The molecule has 0 N–H and O–H groups in total. The van der Waals surface area contributed by atoms with Gasteiger partial charge in [0.05, 0.1) is 5.75 Å². The highest BCUT2D eigenvalue weighted by molar-refractivity contribution is 7.99. The van der Waals surface area contributed by atoms with Gasteiger partial charge in [-0.1, -0.05) is 90.1 Å². The minimum atomic E-state index is 0.0657. The van der Waals surface area contributed by atoms with Gasteiger partial charge in [-0.2, -0.15) is 0 Å². The fourth-order valence-corrected chi connectivity index (χ4v) is 4.70. The Hall–Kier alpha value is -3.35.